The van der Waals surface area contributed by atoms with E-state index in [-0.39, 0.29) is 16.9 Å². The summed E-state index contributed by atoms with van der Waals surface area (Å²) in [6.07, 6.45) is 0. The Morgan fingerprint density at radius 1 is 1.21 bits per heavy atom. The third-order valence-electron chi connectivity index (χ3n) is 1.76. The molecule has 0 aliphatic rings. The third kappa shape index (κ3) is 2.05. The monoisotopic (exact) mass is 212 g/mol. The average molecular weight is 212 g/mol. The lowest BCUT2D eigenvalue weighted by atomic mass is 10.1. The summed E-state index contributed by atoms with van der Waals surface area (Å²) in [5, 5.41) is 17.4. The van der Waals surface area contributed by atoms with Gasteiger partial charge in [0.05, 0.1) is 11.1 Å². The van der Waals surface area contributed by atoms with Gasteiger partial charge in [0.25, 0.3) is 0 Å². The molecule has 5 heteroatoms. The van der Waals surface area contributed by atoms with Gasteiger partial charge in [0.15, 0.2) is 0 Å². The Kier molecular flexibility index (Phi) is 3.14. The predicted molar refractivity (Wildman–Crippen MR) is 53.1 cm³/mol. The van der Waals surface area contributed by atoms with Crippen LogP contribution in [0.25, 0.3) is 0 Å². The van der Waals surface area contributed by atoms with E-state index in [1.54, 1.807) is 0 Å². The molecular weight excluding hydrogens is 204 g/mol. The van der Waals surface area contributed by atoms with Crippen molar-refractivity contribution < 1.29 is 19.8 Å². The second-order valence-corrected chi connectivity index (χ2v) is 2.96. The predicted octanol–water partition coefficient (Wildman–Crippen LogP) is 1.51. The molecule has 0 amide bonds. The van der Waals surface area contributed by atoms with Crippen LogP contribution in [0.4, 0.5) is 0 Å². The van der Waals surface area contributed by atoms with Gasteiger partial charge in [-0.2, -0.15) is 12.6 Å². The van der Waals surface area contributed by atoms with Crippen LogP contribution in [0.3, 0.4) is 0 Å². The minimum Gasteiger partial charge on any atom is -0.478 e. The Morgan fingerprint density at radius 3 is 2.29 bits per heavy atom. The van der Waals surface area contributed by atoms with Gasteiger partial charge in [0.2, 0.25) is 0 Å². The van der Waals surface area contributed by atoms with Crippen LogP contribution in [0, 0.1) is 0 Å². The van der Waals surface area contributed by atoms with E-state index in [2.05, 4.69) is 12.6 Å². The first-order valence-electron chi connectivity index (χ1n) is 3.76. The van der Waals surface area contributed by atoms with Gasteiger partial charge in [-0.25, -0.2) is 9.59 Å². The normalized spacial score (nSPS) is 9.79. The largest absolute Gasteiger partial charge is 0.478 e. The molecule has 1 aromatic carbocycles. The van der Waals surface area contributed by atoms with Crippen LogP contribution in [-0.4, -0.2) is 22.2 Å². The molecule has 1 aromatic rings. The summed E-state index contributed by atoms with van der Waals surface area (Å²) in [7, 11) is 0. The van der Waals surface area contributed by atoms with Crippen molar-refractivity contribution in [1.29, 1.82) is 0 Å². The highest BCUT2D eigenvalue weighted by atomic mass is 32.1. The van der Waals surface area contributed by atoms with E-state index in [9.17, 15) is 9.59 Å². The fourth-order valence-corrected chi connectivity index (χ4v) is 1.32. The number of hydrogen-bond acceptors (Lipinski definition) is 3. The SMILES string of the molecule is O=C(O)c1ccc(CS)c(C(=O)O)c1. The molecule has 0 radical (unpaired) electrons. The van der Waals surface area contributed by atoms with E-state index in [4.69, 9.17) is 10.2 Å². The number of carboxylic acid groups (broad SMARTS) is 2. The number of hydrogen-bond donors (Lipinski definition) is 3. The van der Waals surface area contributed by atoms with Crippen molar-refractivity contribution in [3.05, 3.63) is 34.9 Å². The Hall–Kier alpha value is -1.49. The summed E-state index contributed by atoms with van der Waals surface area (Å²) in [6, 6.07) is 3.95. The van der Waals surface area contributed by atoms with E-state index < -0.39 is 11.9 Å². The van der Waals surface area contributed by atoms with Gasteiger partial charge in [0, 0.05) is 5.75 Å². The maximum Gasteiger partial charge on any atom is 0.336 e. The van der Waals surface area contributed by atoms with Crippen molar-refractivity contribution >= 4 is 24.6 Å². The highest BCUT2D eigenvalue weighted by Crippen LogP contribution is 2.14. The molecular formula is C9H8O4S. The van der Waals surface area contributed by atoms with Gasteiger partial charge in [-0.05, 0) is 17.7 Å². The van der Waals surface area contributed by atoms with Crippen LogP contribution in [0.5, 0.6) is 0 Å². The second-order valence-electron chi connectivity index (χ2n) is 2.64. The smallest absolute Gasteiger partial charge is 0.336 e. The minimum atomic E-state index is -1.14. The minimum absolute atomic E-state index is 0.0140. The van der Waals surface area contributed by atoms with Gasteiger partial charge in [0.1, 0.15) is 0 Å². The molecule has 14 heavy (non-hydrogen) atoms. The van der Waals surface area contributed by atoms with Crippen molar-refractivity contribution in [2.75, 3.05) is 0 Å². The molecule has 0 atom stereocenters. The fourth-order valence-electron chi connectivity index (χ4n) is 1.05. The molecule has 0 aliphatic heterocycles. The maximum absolute atomic E-state index is 10.7. The first-order valence-corrected chi connectivity index (χ1v) is 4.40. The van der Waals surface area contributed by atoms with E-state index in [0.717, 1.165) is 6.07 Å². The Labute approximate surface area is 85.6 Å². The quantitative estimate of drug-likeness (QED) is 0.664. The molecule has 0 aliphatic carbocycles. The lowest BCUT2D eigenvalue weighted by molar-refractivity contribution is 0.0695. The van der Waals surface area contributed by atoms with Crippen LogP contribution in [0.1, 0.15) is 26.3 Å². The maximum atomic E-state index is 10.7. The standard InChI is InChI=1S/C9H8O4S/c10-8(11)5-1-2-6(4-14)7(3-5)9(12)13/h1-3,14H,4H2,(H,10,11)(H,12,13). The topological polar surface area (TPSA) is 74.6 Å². The highest BCUT2D eigenvalue weighted by Gasteiger charge is 2.12. The molecule has 0 heterocycles. The van der Waals surface area contributed by atoms with E-state index in [1.165, 1.54) is 12.1 Å². The van der Waals surface area contributed by atoms with E-state index >= 15 is 0 Å². The summed E-state index contributed by atoms with van der Waals surface area (Å²) in [5.74, 6) is -2.02. The lowest BCUT2D eigenvalue weighted by Gasteiger charge is -2.03. The summed E-state index contributed by atoms with van der Waals surface area (Å²) in [5.41, 5.74) is 0.457. The Balaban J connectivity index is 3.27. The average Bonchev–Trinajstić information content (AvgIpc) is 2.16. The number of rotatable bonds is 3. The van der Waals surface area contributed by atoms with Crippen LogP contribution in [0.15, 0.2) is 18.2 Å². The first-order chi connectivity index (χ1) is 6.56. The molecule has 0 aromatic heterocycles. The lowest BCUT2D eigenvalue weighted by Crippen LogP contribution is -2.05. The van der Waals surface area contributed by atoms with Gasteiger partial charge in [-0.3, -0.25) is 0 Å². The zero-order chi connectivity index (χ0) is 10.7. The molecule has 0 bridgehead atoms. The molecule has 4 nitrogen and oxygen atoms in total. The molecule has 0 fully saturated rings. The summed E-state index contributed by atoms with van der Waals surface area (Å²) in [4.78, 5) is 21.3. The molecule has 2 N–H and O–H groups in total. The summed E-state index contributed by atoms with van der Waals surface area (Å²) in [6.45, 7) is 0. The zero-order valence-corrected chi connectivity index (χ0v) is 7.99. The number of thiol groups is 1. The van der Waals surface area contributed by atoms with E-state index in [1.807, 2.05) is 0 Å². The Morgan fingerprint density at radius 2 is 1.86 bits per heavy atom. The number of benzene rings is 1. The zero-order valence-electron chi connectivity index (χ0n) is 7.10. The molecule has 0 spiro atoms. The molecule has 0 saturated heterocycles. The molecule has 1 rings (SSSR count). The van der Waals surface area contributed by atoms with Crippen LogP contribution in [-0.2, 0) is 5.75 Å². The second kappa shape index (κ2) is 4.15. The van der Waals surface area contributed by atoms with E-state index in [0.29, 0.717) is 5.56 Å². The Bertz CT molecular complexity index is 386. The fraction of sp³-hybridized carbons (Fsp3) is 0.111. The first kappa shape index (κ1) is 10.6. The third-order valence-corrected chi connectivity index (χ3v) is 2.10. The van der Waals surface area contributed by atoms with Crippen molar-refractivity contribution in [2.45, 2.75) is 5.75 Å². The van der Waals surface area contributed by atoms with Crippen molar-refractivity contribution in [2.24, 2.45) is 0 Å². The van der Waals surface area contributed by atoms with Gasteiger partial charge < -0.3 is 10.2 Å². The number of carbonyl (C=O) groups is 2. The number of aromatic carboxylic acids is 2. The van der Waals surface area contributed by atoms with Gasteiger partial charge >= 0.3 is 11.9 Å². The van der Waals surface area contributed by atoms with Crippen molar-refractivity contribution in [3.8, 4) is 0 Å². The van der Waals surface area contributed by atoms with Crippen molar-refractivity contribution in [3.63, 3.8) is 0 Å². The summed E-state index contributed by atoms with van der Waals surface area (Å²) >= 11 is 3.95. The van der Waals surface area contributed by atoms with Crippen LogP contribution in [0.2, 0.25) is 0 Å². The van der Waals surface area contributed by atoms with Crippen LogP contribution >= 0.6 is 12.6 Å². The molecule has 74 valence electrons. The van der Waals surface area contributed by atoms with Crippen molar-refractivity contribution in [1.82, 2.24) is 0 Å². The molecule has 0 saturated carbocycles. The van der Waals surface area contributed by atoms with Gasteiger partial charge in [-0.15, -0.1) is 0 Å². The van der Waals surface area contributed by atoms with Crippen LogP contribution < -0.4 is 0 Å². The number of carboxylic acids is 2. The summed E-state index contributed by atoms with van der Waals surface area (Å²) < 4.78 is 0. The van der Waals surface area contributed by atoms with Gasteiger partial charge in [-0.1, -0.05) is 6.07 Å². The highest BCUT2D eigenvalue weighted by molar-refractivity contribution is 7.79. The molecule has 0 unspecified atom stereocenters.